The Morgan fingerprint density at radius 3 is 2.48 bits per heavy atom. The number of hydrogen-bond donors (Lipinski definition) is 1. The van der Waals surface area contributed by atoms with Gasteiger partial charge in [-0.2, -0.15) is 0 Å². The number of ether oxygens (including phenoxy) is 2. The molecule has 0 saturated carbocycles. The minimum Gasteiger partial charge on any atom is -0.383 e. The number of methoxy groups -OCH3 is 2. The zero-order valence-corrected chi connectivity index (χ0v) is 15.1. The fraction of sp³-hybridized carbons (Fsp3) is 0.625. The van der Waals surface area contributed by atoms with Crippen LogP contribution < -0.4 is 10.2 Å². The van der Waals surface area contributed by atoms with Crippen molar-refractivity contribution < 1.29 is 9.47 Å². The Balaban J connectivity index is 2.70. The molecular weight excluding hydrogens is 332 g/mol. The number of halogens is 1. The van der Waals surface area contributed by atoms with Gasteiger partial charge in [0.25, 0.3) is 0 Å². The van der Waals surface area contributed by atoms with E-state index in [0.29, 0.717) is 6.04 Å². The largest absolute Gasteiger partial charge is 0.383 e. The Kier molecular flexibility index (Phi) is 8.92. The molecule has 0 fully saturated rings. The molecule has 0 aromatic heterocycles. The highest BCUT2D eigenvalue weighted by atomic mass is 79.9. The highest BCUT2D eigenvalue weighted by Crippen LogP contribution is 2.28. The zero-order valence-electron chi connectivity index (χ0n) is 13.5. The van der Waals surface area contributed by atoms with Crippen molar-refractivity contribution in [3.05, 3.63) is 28.2 Å². The monoisotopic (exact) mass is 358 g/mol. The van der Waals surface area contributed by atoms with Crippen LogP contribution >= 0.6 is 15.9 Å². The van der Waals surface area contributed by atoms with E-state index in [0.717, 1.165) is 37.3 Å². The van der Waals surface area contributed by atoms with Gasteiger partial charge in [0.15, 0.2) is 0 Å². The maximum atomic E-state index is 5.20. The molecule has 0 heterocycles. The van der Waals surface area contributed by atoms with Crippen molar-refractivity contribution in [1.82, 2.24) is 5.32 Å². The fourth-order valence-corrected chi connectivity index (χ4v) is 2.80. The quantitative estimate of drug-likeness (QED) is 0.651. The van der Waals surface area contributed by atoms with Crippen LogP contribution in [0.4, 0.5) is 5.69 Å². The number of hydrogen-bond acceptors (Lipinski definition) is 4. The van der Waals surface area contributed by atoms with Crippen molar-refractivity contribution in [3.63, 3.8) is 0 Å². The average molecular weight is 359 g/mol. The number of benzene rings is 1. The standard InChI is InChI=1S/C16H27BrN2O2/c1-13(2)19(8-10-21-4)16-6-5-14(11-15(16)17)12-18-7-9-20-3/h5-6,11,13,18H,7-10,12H2,1-4H3. The van der Waals surface area contributed by atoms with Gasteiger partial charge < -0.3 is 19.7 Å². The second-order valence-corrected chi connectivity index (χ2v) is 6.09. The van der Waals surface area contributed by atoms with Crippen LogP contribution in [0, 0.1) is 0 Å². The lowest BCUT2D eigenvalue weighted by Crippen LogP contribution is -2.34. The molecule has 0 radical (unpaired) electrons. The van der Waals surface area contributed by atoms with Gasteiger partial charge in [0.05, 0.1) is 18.9 Å². The summed E-state index contributed by atoms with van der Waals surface area (Å²) in [6, 6.07) is 6.95. The van der Waals surface area contributed by atoms with Crippen LogP contribution in [0.1, 0.15) is 19.4 Å². The van der Waals surface area contributed by atoms with Crippen molar-refractivity contribution in [1.29, 1.82) is 0 Å². The summed E-state index contributed by atoms with van der Waals surface area (Å²) in [5.74, 6) is 0. The van der Waals surface area contributed by atoms with Gasteiger partial charge in [0.1, 0.15) is 0 Å². The van der Waals surface area contributed by atoms with E-state index < -0.39 is 0 Å². The lowest BCUT2D eigenvalue weighted by Gasteiger charge is -2.30. The van der Waals surface area contributed by atoms with Crippen LogP contribution in [0.5, 0.6) is 0 Å². The zero-order chi connectivity index (χ0) is 15.7. The Bertz CT molecular complexity index is 413. The van der Waals surface area contributed by atoms with Crippen LogP contribution in [0.25, 0.3) is 0 Å². The third kappa shape index (κ3) is 6.34. The van der Waals surface area contributed by atoms with Gasteiger partial charge >= 0.3 is 0 Å². The predicted octanol–water partition coefficient (Wildman–Crippen LogP) is 3.05. The summed E-state index contributed by atoms with van der Waals surface area (Å²) < 4.78 is 11.4. The van der Waals surface area contributed by atoms with Crippen LogP contribution in [-0.2, 0) is 16.0 Å². The summed E-state index contributed by atoms with van der Waals surface area (Å²) >= 11 is 3.70. The minimum absolute atomic E-state index is 0.433. The summed E-state index contributed by atoms with van der Waals surface area (Å²) in [7, 11) is 3.45. The average Bonchev–Trinajstić information content (AvgIpc) is 2.45. The molecule has 1 rings (SSSR count). The van der Waals surface area contributed by atoms with Gasteiger partial charge in [-0.1, -0.05) is 6.07 Å². The van der Waals surface area contributed by atoms with Crippen LogP contribution in [-0.4, -0.2) is 46.6 Å². The molecule has 1 N–H and O–H groups in total. The minimum atomic E-state index is 0.433. The van der Waals surface area contributed by atoms with E-state index >= 15 is 0 Å². The molecule has 0 unspecified atom stereocenters. The molecule has 1 aromatic carbocycles. The van der Waals surface area contributed by atoms with Crippen LogP contribution in [0.3, 0.4) is 0 Å². The maximum Gasteiger partial charge on any atom is 0.0637 e. The molecule has 5 heteroatoms. The molecular formula is C16H27BrN2O2. The van der Waals surface area contributed by atoms with Gasteiger partial charge in [0.2, 0.25) is 0 Å². The lowest BCUT2D eigenvalue weighted by molar-refractivity contribution is 0.199. The molecule has 0 aliphatic heterocycles. The highest BCUT2D eigenvalue weighted by Gasteiger charge is 2.13. The molecule has 0 amide bonds. The van der Waals surface area contributed by atoms with E-state index in [4.69, 9.17) is 9.47 Å². The summed E-state index contributed by atoms with van der Waals surface area (Å²) in [6.07, 6.45) is 0. The van der Waals surface area contributed by atoms with Gasteiger partial charge in [-0.15, -0.1) is 0 Å². The molecule has 120 valence electrons. The Morgan fingerprint density at radius 1 is 1.19 bits per heavy atom. The Morgan fingerprint density at radius 2 is 1.90 bits per heavy atom. The SMILES string of the molecule is COCCNCc1ccc(N(CCOC)C(C)C)c(Br)c1. The van der Waals surface area contributed by atoms with Crippen LogP contribution in [0.2, 0.25) is 0 Å². The highest BCUT2D eigenvalue weighted by molar-refractivity contribution is 9.10. The Labute approximate surface area is 136 Å². The molecule has 21 heavy (non-hydrogen) atoms. The number of nitrogens with one attached hydrogen (secondary N) is 1. The topological polar surface area (TPSA) is 33.7 Å². The van der Waals surface area contributed by atoms with Crippen molar-refractivity contribution in [2.45, 2.75) is 26.4 Å². The van der Waals surface area contributed by atoms with Crippen LogP contribution in [0.15, 0.2) is 22.7 Å². The van der Waals surface area contributed by atoms with E-state index in [-0.39, 0.29) is 0 Å². The first-order valence-corrected chi connectivity index (χ1v) is 8.13. The van der Waals surface area contributed by atoms with Gasteiger partial charge in [-0.25, -0.2) is 0 Å². The van der Waals surface area contributed by atoms with Gasteiger partial charge in [-0.3, -0.25) is 0 Å². The maximum absolute atomic E-state index is 5.20. The number of anilines is 1. The normalized spacial score (nSPS) is 11.1. The first-order valence-electron chi connectivity index (χ1n) is 7.33. The van der Waals surface area contributed by atoms with Gasteiger partial charge in [-0.05, 0) is 47.5 Å². The summed E-state index contributed by atoms with van der Waals surface area (Å²) in [4.78, 5) is 2.34. The van der Waals surface area contributed by atoms with Crippen molar-refractivity contribution in [2.75, 3.05) is 45.4 Å². The molecule has 0 aliphatic rings. The molecule has 0 bridgehead atoms. The summed E-state index contributed by atoms with van der Waals surface area (Å²) in [5, 5.41) is 3.36. The van der Waals surface area contributed by atoms with Crippen molar-refractivity contribution in [2.24, 2.45) is 0 Å². The summed E-state index contributed by atoms with van der Waals surface area (Å²) in [6.45, 7) is 8.45. The van der Waals surface area contributed by atoms with E-state index in [1.807, 2.05) is 0 Å². The molecule has 1 aromatic rings. The third-order valence-electron chi connectivity index (χ3n) is 3.29. The molecule has 0 aliphatic carbocycles. The van der Waals surface area contributed by atoms with E-state index in [2.05, 4.69) is 58.2 Å². The first kappa shape index (κ1) is 18.4. The third-order valence-corrected chi connectivity index (χ3v) is 3.93. The van der Waals surface area contributed by atoms with Crippen molar-refractivity contribution >= 4 is 21.6 Å². The lowest BCUT2D eigenvalue weighted by atomic mass is 10.1. The first-order chi connectivity index (χ1) is 10.1. The second kappa shape index (κ2) is 10.2. The van der Waals surface area contributed by atoms with E-state index in [9.17, 15) is 0 Å². The molecule has 0 spiro atoms. The predicted molar refractivity (Wildman–Crippen MR) is 92.1 cm³/mol. The second-order valence-electron chi connectivity index (χ2n) is 5.24. The Hall–Kier alpha value is -0.620. The molecule has 0 saturated heterocycles. The van der Waals surface area contributed by atoms with Crippen molar-refractivity contribution in [3.8, 4) is 0 Å². The number of rotatable bonds is 10. The summed E-state index contributed by atoms with van der Waals surface area (Å²) in [5.41, 5.74) is 2.47. The molecule has 0 atom stereocenters. The molecule has 4 nitrogen and oxygen atoms in total. The fourth-order valence-electron chi connectivity index (χ4n) is 2.15. The van der Waals surface area contributed by atoms with E-state index in [1.54, 1.807) is 14.2 Å². The number of nitrogens with zero attached hydrogens (tertiary/aromatic N) is 1. The van der Waals surface area contributed by atoms with E-state index in [1.165, 1.54) is 11.3 Å². The smallest absolute Gasteiger partial charge is 0.0637 e. The van der Waals surface area contributed by atoms with Gasteiger partial charge in [0, 0.05) is 44.4 Å².